The van der Waals surface area contributed by atoms with Crippen LogP contribution in [0, 0.1) is 0 Å². The Hall–Kier alpha value is -1.46. The van der Waals surface area contributed by atoms with Crippen LogP contribution in [0.5, 0.6) is 0 Å². The Balaban J connectivity index is 0.000000250. The molecule has 5 nitrogen and oxygen atoms in total. The molecule has 0 amide bonds. The Kier molecular flexibility index (Phi) is 5.92. The normalized spacial score (nSPS) is 19.5. The minimum absolute atomic E-state index is 0.116. The highest BCUT2D eigenvalue weighted by molar-refractivity contribution is 5.75. The molecule has 0 aromatic carbocycles. The van der Waals surface area contributed by atoms with E-state index in [0.717, 1.165) is 13.0 Å². The van der Waals surface area contributed by atoms with Gasteiger partial charge in [0.25, 0.3) is 0 Å². The van der Waals surface area contributed by atoms with Crippen molar-refractivity contribution in [1.82, 2.24) is 10.3 Å². The van der Waals surface area contributed by atoms with Crippen LogP contribution in [0.15, 0.2) is 30.6 Å². The summed E-state index contributed by atoms with van der Waals surface area (Å²) in [6, 6.07) is 5.60. The first-order valence-corrected chi connectivity index (χ1v) is 6.39. The minimum Gasteiger partial charge on any atom is -0.458 e. The van der Waals surface area contributed by atoms with Crippen LogP contribution in [0.2, 0.25) is 0 Å². The topological polar surface area (TPSA) is 71.5 Å². The molecule has 5 heteroatoms. The number of esters is 1. The molecule has 0 bridgehead atoms. The standard InChI is InChI=1S/C9H17NO3.C5H5N/c1-9(2,3)13-8(12)7(11)6-4-5-10-6;1-2-4-6-5-3-1/h6-7,10-11H,4-5H2,1-3H3;1-5H/t6-,7?;/m0./s1. The van der Waals surface area contributed by atoms with Crippen LogP contribution in [-0.4, -0.2) is 40.4 Å². The number of aromatic nitrogens is 1. The first kappa shape index (κ1) is 15.6. The van der Waals surface area contributed by atoms with Crippen molar-refractivity contribution in [2.24, 2.45) is 0 Å². The fraction of sp³-hybridized carbons (Fsp3) is 0.571. The van der Waals surface area contributed by atoms with Crippen LogP contribution in [0.1, 0.15) is 27.2 Å². The van der Waals surface area contributed by atoms with Gasteiger partial charge in [-0.1, -0.05) is 6.07 Å². The molecule has 0 aliphatic carbocycles. The van der Waals surface area contributed by atoms with Gasteiger partial charge < -0.3 is 15.2 Å². The molecule has 2 N–H and O–H groups in total. The van der Waals surface area contributed by atoms with Gasteiger partial charge in [-0.05, 0) is 45.9 Å². The zero-order chi connectivity index (χ0) is 14.3. The summed E-state index contributed by atoms with van der Waals surface area (Å²) in [4.78, 5) is 15.1. The van der Waals surface area contributed by atoms with Crippen LogP contribution in [0.25, 0.3) is 0 Å². The summed E-state index contributed by atoms with van der Waals surface area (Å²) in [5, 5.41) is 12.4. The molecule has 1 aliphatic rings. The number of hydrogen-bond donors (Lipinski definition) is 2. The zero-order valence-electron chi connectivity index (χ0n) is 11.7. The van der Waals surface area contributed by atoms with Gasteiger partial charge >= 0.3 is 5.97 Å². The first-order chi connectivity index (χ1) is 8.90. The lowest BCUT2D eigenvalue weighted by Gasteiger charge is -2.32. The number of ether oxygens (including phenoxy) is 1. The number of nitrogens with one attached hydrogen (secondary N) is 1. The molecule has 19 heavy (non-hydrogen) atoms. The molecule has 1 fully saturated rings. The molecule has 1 aliphatic heterocycles. The van der Waals surface area contributed by atoms with Crippen molar-refractivity contribution in [3.05, 3.63) is 30.6 Å². The van der Waals surface area contributed by atoms with Gasteiger partial charge in [0.2, 0.25) is 0 Å². The molecular weight excluding hydrogens is 244 g/mol. The Morgan fingerprint density at radius 1 is 1.37 bits per heavy atom. The molecule has 2 atom stereocenters. The van der Waals surface area contributed by atoms with Gasteiger partial charge in [-0.25, -0.2) is 4.79 Å². The highest BCUT2D eigenvalue weighted by Crippen LogP contribution is 2.13. The minimum atomic E-state index is -1.02. The lowest BCUT2D eigenvalue weighted by molar-refractivity contribution is -0.167. The SMILES string of the molecule is CC(C)(C)OC(=O)C(O)[C@@H]1CCN1.c1ccncc1. The van der Waals surface area contributed by atoms with Crippen LogP contribution in [-0.2, 0) is 9.53 Å². The van der Waals surface area contributed by atoms with Crippen LogP contribution < -0.4 is 5.32 Å². The molecule has 1 unspecified atom stereocenters. The molecule has 1 aromatic heterocycles. The second kappa shape index (κ2) is 7.21. The number of rotatable bonds is 2. The maximum absolute atomic E-state index is 11.3. The monoisotopic (exact) mass is 266 g/mol. The third-order valence-electron chi connectivity index (χ3n) is 2.46. The van der Waals surface area contributed by atoms with E-state index in [-0.39, 0.29) is 6.04 Å². The quantitative estimate of drug-likeness (QED) is 0.785. The second-order valence-electron chi connectivity index (χ2n) is 5.35. The summed E-state index contributed by atoms with van der Waals surface area (Å²) in [5.74, 6) is -0.537. The van der Waals surface area contributed by atoms with Crippen LogP contribution in [0.4, 0.5) is 0 Å². The third kappa shape index (κ3) is 6.31. The van der Waals surface area contributed by atoms with Gasteiger partial charge in [0.05, 0.1) is 0 Å². The summed E-state index contributed by atoms with van der Waals surface area (Å²) in [6.07, 6.45) is 3.31. The van der Waals surface area contributed by atoms with E-state index in [1.807, 2.05) is 18.2 Å². The predicted octanol–water partition coefficient (Wildman–Crippen LogP) is 1.13. The molecule has 0 spiro atoms. The van der Waals surface area contributed by atoms with Crippen molar-refractivity contribution < 1.29 is 14.6 Å². The van der Waals surface area contributed by atoms with Crippen molar-refractivity contribution in [2.75, 3.05) is 6.54 Å². The number of hydrogen-bond acceptors (Lipinski definition) is 5. The van der Waals surface area contributed by atoms with E-state index in [2.05, 4.69) is 10.3 Å². The van der Waals surface area contributed by atoms with Gasteiger partial charge in [0.15, 0.2) is 6.10 Å². The summed E-state index contributed by atoms with van der Waals surface area (Å²) in [6.45, 7) is 6.22. The predicted molar refractivity (Wildman–Crippen MR) is 72.5 cm³/mol. The summed E-state index contributed by atoms with van der Waals surface area (Å²) in [5.41, 5.74) is -0.526. The molecule has 0 saturated carbocycles. The summed E-state index contributed by atoms with van der Waals surface area (Å²) < 4.78 is 5.03. The molecule has 1 saturated heterocycles. The van der Waals surface area contributed by atoms with E-state index >= 15 is 0 Å². The zero-order valence-corrected chi connectivity index (χ0v) is 11.7. The molecule has 0 radical (unpaired) electrons. The Morgan fingerprint density at radius 2 is 1.95 bits per heavy atom. The third-order valence-corrected chi connectivity index (χ3v) is 2.46. The molecule has 106 valence electrons. The molecule has 2 heterocycles. The Morgan fingerprint density at radius 3 is 2.21 bits per heavy atom. The van der Waals surface area contributed by atoms with Crippen molar-refractivity contribution in [3.63, 3.8) is 0 Å². The molecular formula is C14H22N2O3. The van der Waals surface area contributed by atoms with E-state index in [4.69, 9.17) is 4.74 Å². The number of aliphatic hydroxyl groups excluding tert-OH is 1. The Labute approximate surface area is 114 Å². The van der Waals surface area contributed by atoms with Crippen molar-refractivity contribution >= 4 is 5.97 Å². The molecule has 2 rings (SSSR count). The largest absolute Gasteiger partial charge is 0.458 e. The van der Waals surface area contributed by atoms with E-state index < -0.39 is 17.7 Å². The van der Waals surface area contributed by atoms with Crippen molar-refractivity contribution in [2.45, 2.75) is 44.9 Å². The number of aliphatic hydroxyl groups is 1. The van der Waals surface area contributed by atoms with Gasteiger partial charge in [-0.3, -0.25) is 4.98 Å². The Bertz CT molecular complexity index is 345. The highest BCUT2D eigenvalue weighted by atomic mass is 16.6. The van der Waals surface area contributed by atoms with Crippen LogP contribution in [0.3, 0.4) is 0 Å². The average molecular weight is 266 g/mol. The average Bonchev–Trinajstić information content (AvgIpc) is 2.27. The fourth-order valence-corrected chi connectivity index (χ4v) is 1.42. The smallest absolute Gasteiger partial charge is 0.337 e. The maximum atomic E-state index is 11.3. The van der Waals surface area contributed by atoms with Crippen LogP contribution >= 0.6 is 0 Å². The number of carbonyl (C=O) groups excluding carboxylic acids is 1. The van der Waals surface area contributed by atoms with Gasteiger partial charge in [0.1, 0.15) is 5.60 Å². The van der Waals surface area contributed by atoms with Crippen molar-refractivity contribution in [1.29, 1.82) is 0 Å². The lowest BCUT2D eigenvalue weighted by Crippen LogP contribution is -2.54. The molecule has 1 aromatic rings. The second-order valence-corrected chi connectivity index (χ2v) is 5.35. The van der Waals surface area contributed by atoms with Crippen molar-refractivity contribution in [3.8, 4) is 0 Å². The number of carbonyl (C=O) groups is 1. The fourth-order valence-electron chi connectivity index (χ4n) is 1.42. The van der Waals surface area contributed by atoms with E-state index in [1.165, 1.54) is 0 Å². The van der Waals surface area contributed by atoms with Gasteiger partial charge in [0, 0.05) is 18.4 Å². The number of pyridine rings is 1. The first-order valence-electron chi connectivity index (χ1n) is 6.39. The lowest BCUT2D eigenvalue weighted by atomic mass is 10.0. The summed E-state index contributed by atoms with van der Waals surface area (Å²) >= 11 is 0. The van der Waals surface area contributed by atoms with E-state index in [1.54, 1.807) is 33.2 Å². The van der Waals surface area contributed by atoms with Gasteiger partial charge in [-0.15, -0.1) is 0 Å². The van der Waals surface area contributed by atoms with E-state index in [9.17, 15) is 9.90 Å². The highest BCUT2D eigenvalue weighted by Gasteiger charge is 2.33. The van der Waals surface area contributed by atoms with Gasteiger partial charge in [-0.2, -0.15) is 0 Å². The summed E-state index contributed by atoms with van der Waals surface area (Å²) in [7, 11) is 0. The number of nitrogens with zero attached hydrogens (tertiary/aromatic N) is 1. The maximum Gasteiger partial charge on any atom is 0.337 e. The van der Waals surface area contributed by atoms with E-state index in [0.29, 0.717) is 0 Å².